The van der Waals surface area contributed by atoms with Crippen LogP contribution in [0.25, 0.3) is 0 Å². The summed E-state index contributed by atoms with van der Waals surface area (Å²) in [6, 6.07) is 30.5. The van der Waals surface area contributed by atoms with Crippen molar-refractivity contribution in [3.05, 3.63) is 132 Å². The van der Waals surface area contributed by atoms with E-state index in [4.69, 9.17) is 0 Å². The number of anilines is 1. The van der Waals surface area contributed by atoms with Gasteiger partial charge in [-0.15, -0.1) is 0 Å². The highest BCUT2D eigenvalue weighted by atomic mass is 32.2. The van der Waals surface area contributed by atoms with Gasteiger partial charge in [-0.2, -0.15) is 0 Å². The molecular formula is C34H36FN3O4S. The fraction of sp³-hybridized carbons (Fsp3) is 0.235. The highest BCUT2D eigenvalue weighted by Crippen LogP contribution is 2.25. The maximum Gasteiger partial charge on any atom is 0.264 e. The number of sulfonamides is 1. The first kappa shape index (κ1) is 31.4. The van der Waals surface area contributed by atoms with E-state index in [2.05, 4.69) is 5.32 Å². The summed E-state index contributed by atoms with van der Waals surface area (Å²) in [5, 5.41) is 2.92. The van der Waals surface area contributed by atoms with Gasteiger partial charge in [-0.1, -0.05) is 98.3 Å². The molecule has 0 radical (unpaired) electrons. The van der Waals surface area contributed by atoms with Gasteiger partial charge in [0.1, 0.15) is 18.4 Å². The molecule has 1 unspecified atom stereocenters. The summed E-state index contributed by atoms with van der Waals surface area (Å²) in [5.74, 6) is -1.56. The molecule has 1 N–H and O–H groups in total. The molecule has 0 heterocycles. The van der Waals surface area contributed by atoms with Crippen molar-refractivity contribution in [1.29, 1.82) is 0 Å². The van der Waals surface area contributed by atoms with Gasteiger partial charge in [-0.3, -0.25) is 13.9 Å². The van der Waals surface area contributed by atoms with Crippen LogP contribution >= 0.6 is 0 Å². The fourth-order valence-electron chi connectivity index (χ4n) is 4.71. The number of para-hydroxylation sites is 1. The van der Waals surface area contributed by atoms with Crippen molar-refractivity contribution in [2.75, 3.05) is 17.4 Å². The Morgan fingerprint density at radius 3 is 2.02 bits per heavy atom. The number of carbonyl (C=O) groups excluding carboxylic acids is 2. The first-order valence-corrected chi connectivity index (χ1v) is 15.7. The minimum absolute atomic E-state index is 0.0189. The Morgan fingerprint density at radius 2 is 1.40 bits per heavy atom. The van der Waals surface area contributed by atoms with Crippen molar-refractivity contribution in [1.82, 2.24) is 10.2 Å². The van der Waals surface area contributed by atoms with Gasteiger partial charge >= 0.3 is 0 Å². The zero-order valence-corrected chi connectivity index (χ0v) is 24.9. The van der Waals surface area contributed by atoms with Gasteiger partial charge in [-0.05, 0) is 42.3 Å². The second-order valence-corrected chi connectivity index (χ2v) is 12.0. The van der Waals surface area contributed by atoms with E-state index in [1.54, 1.807) is 66.7 Å². The number of halogens is 1. The first-order chi connectivity index (χ1) is 20.8. The van der Waals surface area contributed by atoms with Crippen molar-refractivity contribution in [3.8, 4) is 0 Å². The molecule has 0 aliphatic carbocycles. The zero-order chi connectivity index (χ0) is 30.7. The normalized spacial score (nSPS) is 11.9. The van der Waals surface area contributed by atoms with Crippen LogP contribution in [0.3, 0.4) is 0 Å². The molecule has 0 spiro atoms. The fourth-order valence-corrected chi connectivity index (χ4v) is 6.15. The van der Waals surface area contributed by atoms with Crippen LogP contribution in [0, 0.1) is 5.82 Å². The number of unbranched alkanes of at least 4 members (excludes halogenated alkanes) is 1. The number of hydrogen-bond acceptors (Lipinski definition) is 4. The Bertz CT molecular complexity index is 1590. The van der Waals surface area contributed by atoms with Gasteiger partial charge in [0.2, 0.25) is 11.8 Å². The van der Waals surface area contributed by atoms with Crippen LogP contribution in [0.5, 0.6) is 0 Å². The Labute approximate surface area is 253 Å². The van der Waals surface area contributed by atoms with Crippen LogP contribution in [-0.4, -0.2) is 44.3 Å². The standard InChI is InChI=1S/C34H36FN3O4S/c1-2-3-23-36-34(40)32(24-27-15-7-4-8-16-27)37(25-28-17-13-14-22-31(28)35)33(39)26-38(29-18-9-5-10-19-29)43(41,42)30-20-11-6-12-21-30/h4-22,32H,2-3,23-26H2,1H3,(H,36,40). The van der Waals surface area contributed by atoms with E-state index in [9.17, 15) is 22.4 Å². The lowest BCUT2D eigenvalue weighted by Gasteiger charge is -2.34. The molecule has 4 aromatic rings. The summed E-state index contributed by atoms with van der Waals surface area (Å²) in [4.78, 5) is 29.3. The molecule has 1 atom stereocenters. The predicted octanol–water partition coefficient (Wildman–Crippen LogP) is 5.58. The molecule has 0 saturated carbocycles. The molecule has 0 aliphatic heterocycles. The highest BCUT2D eigenvalue weighted by molar-refractivity contribution is 7.92. The number of carbonyl (C=O) groups is 2. The summed E-state index contributed by atoms with van der Waals surface area (Å²) >= 11 is 0. The number of hydrogen-bond donors (Lipinski definition) is 1. The lowest BCUT2D eigenvalue weighted by molar-refractivity contribution is -0.140. The summed E-state index contributed by atoms with van der Waals surface area (Å²) in [6.07, 6.45) is 1.78. The van der Waals surface area contributed by atoms with Gasteiger partial charge in [0.15, 0.2) is 0 Å². The lowest BCUT2D eigenvalue weighted by Crippen LogP contribution is -2.53. The van der Waals surface area contributed by atoms with Gasteiger partial charge in [0.05, 0.1) is 10.6 Å². The molecule has 0 aliphatic rings. The Balaban J connectivity index is 1.77. The second-order valence-electron chi connectivity index (χ2n) is 10.1. The topological polar surface area (TPSA) is 86.8 Å². The molecule has 43 heavy (non-hydrogen) atoms. The largest absolute Gasteiger partial charge is 0.354 e. The molecule has 7 nitrogen and oxygen atoms in total. The summed E-state index contributed by atoms with van der Waals surface area (Å²) in [6.45, 7) is 1.61. The van der Waals surface area contributed by atoms with Crippen LogP contribution in [0.15, 0.2) is 120 Å². The molecule has 4 rings (SSSR count). The van der Waals surface area contributed by atoms with Gasteiger partial charge in [0.25, 0.3) is 10.0 Å². The maximum absolute atomic E-state index is 14.9. The highest BCUT2D eigenvalue weighted by Gasteiger charge is 2.34. The number of rotatable bonds is 14. The molecule has 0 fully saturated rings. The smallest absolute Gasteiger partial charge is 0.264 e. The quantitative estimate of drug-likeness (QED) is 0.191. The molecule has 4 aromatic carbocycles. The minimum atomic E-state index is -4.17. The molecule has 9 heteroatoms. The molecule has 224 valence electrons. The van der Waals surface area contributed by atoms with E-state index < -0.39 is 34.3 Å². The number of benzene rings is 4. The zero-order valence-electron chi connectivity index (χ0n) is 24.1. The third-order valence-corrected chi connectivity index (χ3v) is 8.84. The molecule has 0 aromatic heterocycles. The predicted molar refractivity (Wildman–Crippen MR) is 166 cm³/mol. The molecule has 0 bridgehead atoms. The van der Waals surface area contributed by atoms with E-state index in [0.29, 0.717) is 6.54 Å². The van der Waals surface area contributed by atoms with Gasteiger partial charge in [-0.25, -0.2) is 12.8 Å². The van der Waals surface area contributed by atoms with Crippen LogP contribution in [0.2, 0.25) is 0 Å². The number of nitrogens with zero attached hydrogens (tertiary/aromatic N) is 2. The summed E-state index contributed by atoms with van der Waals surface area (Å²) in [5.41, 5.74) is 1.31. The van der Waals surface area contributed by atoms with E-state index >= 15 is 0 Å². The van der Waals surface area contributed by atoms with Gasteiger partial charge < -0.3 is 10.2 Å². The minimum Gasteiger partial charge on any atom is -0.354 e. The van der Waals surface area contributed by atoms with Crippen LogP contribution in [0.4, 0.5) is 10.1 Å². The van der Waals surface area contributed by atoms with Crippen LogP contribution in [0.1, 0.15) is 30.9 Å². The number of amides is 2. The van der Waals surface area contributed by atoms with Crippen molar-refractivity contribution in [2.24, 2.45) is 0 Å². The summed E-state index contributed by atoms with van der Waals surface area (Å²) in [7, 11) is -4.17. The van der Waals surface area contributed by atoms with E-state index in [-0.39, 0.29) is 35.0 Å². The van der Waals surface area contributed by atoms with Crippen LogP contribution < -0.4 is 9.62 Å². The average molecular weight is 602 g/mol. The Hall–Kier alpha value is -4.50. The maximum atomic E-state index is 14.9. The number of nitrogens with one attached hydrogen (secondary N) is 1. The van der Waals surface area contributed by atoms with Crippen molar-refractivity contribution in [3.63, 3.8) is 0 Å². The third kappa shape index (κ3) is 8.29. The Kier molecular flexibility index (Phi) is 11.0. The van der Waals surface area contributed by atoms with Crippen LogP contribution in [-0.2, 0) is 32.6 Å². The second kappa shape index (κ2) is 15.1. The van der Waals surface area contributed by atoms with Gasteiger partial charge in [0, 0.05) is 25.1 Å². The van der Waals surface area contributed by atoms with E-state index in [0.717, 1.165) is 22.7 Å². The monoisotopic (exact) mass is 601 g/mol. The molecule has 0 saturated heterocycles. The van der Waals surface area contributed by atoms with Crippen molar-refractivity contribution < 1.29 is 22.4 Å². The van der Waals surface area contributed by atoms with Crippen molar-refractivity contribution in [2.45, 2.75) is 43.7 Å². The molecule has 2 amide bonds. The van der Waals surface area contributed by atoms with Crippen molar-refractivity contribution >= 4 is 27.5 Å². The average Bonchev–Trinajstić information content (AvgIpc) is 3.03. The molecular weight excluding hydrogens is 565 g/mol. The first-order valence-electron chi connectivity index (χ1n) is 14.3. The lowest BCUT2D eigenvalue weighted by atomic mass is 10.0. The summed E-state index contributed by atoms with van der Waals surface area (Å²) < 4.78 is 43.8. The SMILES string of the molecule is CCCCNC(=O)C(Cc1ccccc1)N(Cc1ccccc1F)C(=O)CN(c1ccccc1)S(=O)(=O)c1ccccc1. The van der Waals surface area contributed by atoms with E-state index in [1.807, 2.05) is 37.3 Å². The Morgan fingerprint density at radius 1 is 0.814 bits per heavy atom. The third-order valence-electron chi connectivity index (χ3n) is 7.05. The van der Waals surface area contributed by atoms with E-state index in [1.165, 1.54) is 23.1 Å².